The summed E-state index contributed by atoms with van der Waals surface area (Å²) >= 11 is 1.18. The van der Waals surface area contributed by atoms with Crippen molar-refractivity contribution in [1.29, 1.82) is 0 Å². The van der Waals surface area contributed by atoms with Crippen LogP contribution in [-0.2, 0) is 17.4 Å². The Kier molecular flexibility index (Phi) is 3.85. The van der Waals surface area contributed by atoms with Crippen molar-refractivity contribution in [3.8, 4) is 0 Å². The van der Waals surface area contributed by atoms with Gasteiger partial charge < -0.3 is 5.11 Å². The van der Waals surface area contributed by atoms with Crippen LogP contribution in [0.2, 0.25) is 0 Å². The second kappa shape index (κ2) is 4.78. The number of thioether (sulfide) groups is 1. The second-order valence-electron chi connectivity index (χ2n) is 3.09. The van der Waals surface area contributed by atoms with Gasteiger partial charge in [-0.05, 0) is 24.0 Å². The summed E-state index contributed by atoms with van der Waals surface area (Å²) in [7, 11) is 0. The second-order valence-corrected chi connectivity index (χ2v) is 3.97. The molecule has 0 radical (unpaired) electrons. The highest BCUT2D eigenvalue weighted by Gasteiger charge is 2.33. The van der Waals surface area contributed by atoms with Gasteiger partial charge in [-0.15, -0.1) is 11.8 Å². The van der Waals surface area contributed by atoms with Gasteiger partial charge in [-0.2, -0.15) is 13.2 Å². The van der Waals surface area contributed by atoms with E-state index in [2.05, 4.69) is 0 Å². The molecule has 1 aromatic carbocycles. The van der Waals surface area contributed by atoms with Crippen molar-refractivity contribution in [2.75, 3.05) is 6.26 Å². The molecule has 0 amide bonds. The first-order valence-electron chi connectivity index (χ1n) is 4.30. The first-order valence-corrected chi connectivity index (χ1v) is 5.53. The number of carboxylic acid groups (broad SMARTS) is 1. The lowest BCUT2D eigenvalue weighted by atomic mass is 10.0. The van der Waals surface area contributed by atoms with E-state index in [1.807, 2.05) is 0 Å². The van der Waals surface area contributed by atoms with Crippen LogP contribution in [0.4, 0.5) is 13.2 Å². The summed E-state index contributed by atoms with van der Waals surface area (Å²) in [6.45, 7) is 0. The normalized spacial score (nSPS) is 11.5. The van der Waals surface area contributed by atoms with Gasteiger partial charge in [-0.1, -0.05) is 6.07 Å². The van der Waals surface area contributed by atoms with Crippen LogP contribution in [0.1, 0.15) is 11.1 Å². The van der Waals surface area contributed by atoms with E-state index in [1.165, 1.54) is 23.9 Å². The Hall–Kier alpha value is -1.17. The molecule has 0 heterocycles. The Morgan fingerprint density at radius 1 is 1.44 bits per heavy atom. The fraction of sp³-hybridized carbons (Fsp3) is 0.300. The summed E-state index contributed by atoms with van der Waals surface area (Å²) in [5, 5.41) is 8.51. The van der Waals surface area contributed by atoms with Crippen molar-refractivity contribution in [3.05, 3.63) is 29.3 Å². The van der Waals surface area contributed by atoms with Gasteiger partial charge in [-0.25, -0.2) is 0 Å². The van der Waals surface area contributed by atoms with Crippen molar-refractivity contribution in [2.24, 2.45) is 0 Å². The van der Waals surface area contributed by atoms with E-state index in [9.17, 15) is 18.0 Å². The molecule has 0 saturated carbocycles. The average molecular weight is 250 g/mol. The van der Waals surface area contributed by atoms with E-state index < -0.39 is 24.1 Å². The standard InChI is InChI=1S/C10H9F3O2S/c1-16-7-3-2-6(4-9(14)15)8(5-7)10(11,12)13/h2-3,5H,4H2,1H3,(H,14,15). The van der Waals surface area contributed by atoms with Crippen LogP contribution in [0, 0.1) is 0 Å². The van der Waals surface area contributed by atoms with E-state index >= 15 is 0 Å². The fourth-order valence-corrected chi connectivity index (χ4v) is 1.70. The molecule has 88 valence electrons. The molecule has 1 rings (SSSR count). The Balaban J connectivity index is 3.22. The summed E-state index contributed by atoms with van der Waals surface area (Å²) in [5.74, 6) is -1.28. The Bertz CT molecular complexity index is 402. The van der Waals surface area contributed by atoms with Crippen LogP contribution >= 0.6 is 11.8 Å². The van der Waals surface area contributed by atoms with Gasteiger partial charge in [0.1, 0.15) is 0 Å². The Morgan fingerprint density at radius 3 is 2.50 bits per heavy atom. The highest BCUT2D eigenvalue weighted by molar-refractivity contribution is 7.98. The molecule has 2 nitrogen and oxygen atoms in total. The molecular formula is C10H9F3O2S. The van der Waals surface area contributed by atoms with Crippen LogP contribution in [0.3, 0.4) is 0 Å². The molecule has 0 atom stereocenters. The summed E-state index contributed by atoms with van der Waals surface area (Å²) in [5.41, 5.74) is -1.08. The lowest BCUT2D eigenvalue weighted by molar-refractivity contribution is -0.139. The van der Waals surface area contributed by atoms with Crippen molar-refractivity contribution >= 4 is 17.7 Å². The Morgan fingerprint density at radius 2 is 2.06 bits per heavy atom. The first kappa shape index (κ1) is 12.9. The molecule has 0 unspecified atom stereocenters. The molecule has 0 aliphatic heterocycles. The number of alkyl halides is 3. The number of benzene rings is 1. The van der Waals surface area contributed by atoms with Gasteiger partial charge in [0.15, 0.2) is 0 Å². The van der Waals surface area contributed by atoms with Crippen molar-refractivity contribution < 1.29 is 23.1 Å². The van der Waals surface area contributed by atoms with E-state index in [0.29, 0.717) is 4.90 Å². The minimum absolute atomic E-state index is 0.210. The van der Waals surface area contributed by atoms with Gasteiger partial charge in [0.25, 0.3) is 0 Å². The van der Waals surface area contributed by atoms with Gasteiger partial charge in [-0.3, -0.25) is 4.79 Å². The lowest BCUT2D eigenvalue weighted by Gasteiger charge is -2.12. The van der Waals surface area contributed by atoms with Crippen LogP contribution in [0.15, 0.2) is 23.1 Å². The smallest absolute Gasteiger partial charge is 0.416 e. The largest absolute Gasteiger partial charge is 0.481 e. The highest BCUT2D eigenvalue weighted by atomic mass is 32.2. The summed E-state index contributed by atoms with van der Waals surface area (Å²) in [4.78, 5) is 10.9. The van der Waals surface area contributed by atoms with Gasteiger partial charge in [0.2, 0.25) is 0 Å². The van der Waals surface area contributed by atoms with Gasteiger partial charge in [0.05, 0.1) is 12.0 Å². The number of aliphatic carboxylic acids is 1. The zero-order chi connectivity index (χ0) is 12.3. The molecule has 0 aromatic heterocycles. The number of carboxylic acids is 1. The number of hydrogen-bond acceptors (Lipinski definition) is 2. The lowest BCUT2D eigenvalue weighted by Crippen LogP contribution is -2.12. The molecule has 16 heavy (non-hydrogen) atoms. The summed E-state index contributed by atoms with van der Waals surface area (Å²) < 4.78 is 37.8. The third kappa shape index (κ3) is 3.16. The number of hydrogen-bond donors (Lipinski definition) is 1. The predicted molar refractivity (Wildman–Crippen MR) is 54.6 cm³/mol. The molecule has 0 fully saturated rings. The van der Waals surface area contributed by atoms with E-state index in [1.54, 1.807) is 6.26 Å². The third-order valence-corrected chi connectivity index (χ3v) is 2.69. The Labute approximate surface area is 94.5 Å². The van der Waals surface area contributed by atoms with Crippen molar-refractivity contribution in [1.82, 2.24) is 0 Å². The molecule has 1 aromatic rings. The average Bonchev–Trinajstić information content (AvgIpc) is 2.15. The van der Waals surface area contributed by atoms with E-state index in [0.717, 1.165) is 6.07 Å². The van der Waals surface area contributed by atoms with Crippen LogP contribution < -0.4 is 0 Å². The first-order chi connectivity index (χ1) is 7.34. The molecule has 0 aliphatic rings. The van der Waals surface area contributed by atoms with Crippen LogP contribution in [0.5, 0.6) is 0 Å². The van der Waals surface area contributed by atoms with Crippen molar-refractivity contribution in [3.63, 3.8) is 0 Å². The monoisotopic (exact) mass is 250 g/mol. The SMILES string of the molecule is CSc1ccc(CC(=O)O)c(C(F)(F)F)c1. The fourth-order valence-electron chi connectivity index (χ4n) is 1.26. The number of halogens is 3. The van der Waals surface area contributed by atoms with Crippen LogP contribution in [0.25, 0.3) is 0 Å². The molecular weight excluding hydrogens is 241 g/mol. The maximum Gasteiger partial charge on any atom is 0.416 e. The summed E-state index contributed by atoms with van der Waals surface area (Å²) in [6.07, 6.45) is -3.48. The minimum Gasteiger partial charge on any atom is -0.481 e. The third-order valence-electron chi connectivity index (χ3n) is 1.96. The van der Waals surface area contributed by atoms with E-state index in [4.69, 9.17) is 5.11 Å². The zero-order valence-corrected chi connectivity index (χ0v) is 9.15. The number of carbonyl (C=O) groups is 1. The predicted octanol–water partition coefficient (Wildman–Crippen LogP) is 3.05. The maximum atomic E-state index is 12.6. The quantitative estimate of drug-likeness (QED) is 0.838. The van der Waals surface area contributed by atoms with Gasteiger partial charge in [0, 0.05) is 4.90 Å². The highest BCUT2D eigenvalue weighted by Crippen LogP contribution is 2.34. The van der Waals surface area contributed by atoms with E-state index in [-0.39, 0.29) is 5.56 Å². The molecule has 0 bridgehead atoms. The molecule has 0 saturated heterocycles. The maximum absolute atomic E-state index is 12.6. The number of rotatable bonds is 3. The molecule has 0 aliphatic carbocycles. The van der Waals surface area contributed by atoms with Gasteiger partial charge >= 0.3 is 12.1 Å². The summed E-state index contributed by atoms with van der Waals surface area (Å²) in [6, 6.07) is 3.67. The molecule has 0 spiro atoms. The topological polar surface area (TPSA) is 37.3 Å². The van der Waals surface area contributed by atoms with Crippen molar-refractivity contribution in [2.45, 2.75) is 17.5 Å². The zero-order valence-electron chi connectivity index (χ0n) is 8.34. The molecule has 1 N–H and O–H groups in total. The minimum atomic E-state index is -4.52. The van der Waals surface area contributed by atoms with Crippen LogP contribution in [-0.4, -0.2) is 17.3 Å². The molecule has 6 heteroatoms.